The van der Waals surface area contributed by atoms with E-state index in [2.05, 4.69) is 0 Å². The van der Waals surface area contributed by atoms with Crippen molar-refractivity contribution in [3.8, 4) is 0 Å². The van der Waals surface area contributed by atoms with Crippen molar-refractivity contribution in [2.45, 2.75) is 0 Å². The third kappa shape index (κ3) is 1.42. The molecule has 0 spiro atoms. The third-order valence-electron chi connectivity index (χ3n) is 2.06. The Morgan fingerprint density at radius 1 is 1.20 bits per heavy atom. The number of nitrogens with two attached hydrogens (primary N) is 1. The first-order valence-electron chi connectivity index (χ1n) is 4.40. The summed E-state index contributed by atoms with van der Waals surface area (Å²) >= 11 is 0. The summed E-state index contributed by atoms with van der Waals surface area (Å²) in [6.07, 6.45) is 1.23. The largest absolute Gasteiger partial charge is 0.285 e. The molecule has 2 N–H and O–H groups in total. The van der Waals surface area contributed by atoms with Gasteiger partial charge in [0.15, 0.2) is 12.8 Å². The topological polar surface area (TPSA) is 72.2 Å². The van der Waals surface area contributed by atoms with E-state index in [0.29, 0.717) is 11.1 Å². The molecular weight excluding hydrogens is 196 g/mol. The minimum Gasteiger partial charge on any atom is -0.266 e. The second-order valence-electron chi connectivity index (χ2n) is 2.98. The van der Waals surface area contributed by atoms with E-state index in [9.17, 15) is 9.59 Å². The molecule has 1 aromatic carbocycles. The van der Waals surface area contributed by atoms with Gasteiger partial charge in [-0.05, 0) is 12.1 Å². The van der Waals surface area contributed by atoms with Crippen LogP contribution in [0.25, 0.3) is 0 Å². The summed E-state index contributed by atoms with van der Waals surface area (Å²) in [6.45, 7) is 0.0193. The van der Waals surface area contributed by atoms with Crippen LogP contribution >= 0.6 is 0 Å². The Balaban J connectivity index is 2.32. The lowest BCUT2D eigenvalue weighted by molar-refractivity contribution is -0.126. The van der Waals surface area contributed by atoms with Crippen LogP contribution in [0.4, 0.5) is 0 Å². The van der Waals surface area contributed by atoms with E-state index in [0.717, 1.165) is 5.06 Å². The fourth-order valence-corrected chi connectivity index (χ4v) is 1.40. The van der Waals surface area contributed by atoms with Crippen molar-refractivity contribution in [2.24, 2.45) is 0 Å². The molecule has 0 aliphatic carbocycles. The van der Waals surface area contributed by atoms with Crippen molar-refractivity contribution in [1.82, 2.24) is 5.06 Å². The second kappa shape index (κ2) is 3.62. The van der Waals surface area contributed by atoms with Crippen molar-refractivity contribution in [3.63, 3.8) is 0 Å². The van der Waals surface area contributed by atoms with Gasteiger partial charge in [0.1, 0.15) is 0 Å². The van der Waals surface area contributed by atoms with Gasteiger partial charge in [-0.25, -0.2) is 0 Å². The molecule has 2 amide bonds. The molecule has 5 heteroatoms. The lowest BCUT2D eigenvalue weighted by Crippen LogP contribution is -2.36. The third-order valence-corrected chi connectivity index (χ3v) is 2.06. The average Bonchev–Trinajstić information content (AvgIpc) is 2.51. The van der Waals surface area contributed by atoms with E-state index in [1.165, 1.54) is 6.21 Å². The zero-order valence-corrected chi connectivity index (χ0v) is 7.84. The monoisotopic (exact) mass is 205 g/mol. The highest BCUT2D eigenvalue weighted by Gasteiger charge is 2.36. The van der Waals surface area contributed by atoms with E-state index in [1.54, 1.807) is 24.3 Å². The molecule has 0 atom stereocenters. The molecule has 15 heavy (non-hydrogen) atoms. The molecule has 1 aliphatic rings. The van der Waals surface area contributed by atoms with Crippen LogP contribution in [0.2, 0.25) is 0 Å². The summed E-state index contributed by atoms with van der Waals surface area (Å²) in [5.41, 5.74) is 0.721. The Morgan fingerprint density at radius 3 is 2.20 bits per heavy atom. The van der Waals surface area contributed by atoms with Crippen molar-refractivity contribution in [3.05, 3.63) is 35.4 Å². The van der Waals surface area contributed by atoms with Crippen LogP contribution in [0, 0.1) is 0 Å². The van der Waals surface area contributed by atoms with Crippen molar-refractivity contribution in [1.29, 1.82) is 0 Å². The zero-order valence-electron chi connectivity index (χ0n) is 7.84. The molecular formula is C10H9N2O3+. The zero-order chi connectivity index (χ0) is 10.8. The second-order valence-corrected chi connectivity index (χ2v) is 2.98. The van der Waals surface area contributed by atoms with Gasteiger partial charge in [0, 0.05) is 0 Å². The predicted octanol–water partition coefficient (Wildman–Crippen LogP) is -0.956. The number of hydroxylamine groups is 2. The first-order chi connectivity index (χ1) is 7.25. The Morgan fingerprint density at radius 2 is 1.73 bits per heavy atom. The maximum Gasteiger partial charge on any atom is 0.285 e. The molecule has 5 nitrogen and oxygen atoms in total. The number of carbonyl (C=O) groups excluding carboxylic acids is 2. The van der Waals surface area contributed by atoms with Crippen LogP contribution in [0.15, 0.2) is 24.3 Å². The number of hydrogen-bond donors (Lipinski definition) is 1. The van der Waals surface area contributed by atoms with E-state index in [1.807, 2.05) is 0 Å². The van der Waals surface area contributed by atoms with Crippen LogP contribution in [0.5, 0.6) is 0 Å². The van der Waals surface area contributed by atoms with E-state index in [4.69, 9.17) is 10.2 Å². The van der Waals surface area contributed by atoms with E-state index < -0.39 is 11.8 Å². The van der Waals surface area contributed by atoms with Gasteiger partial charge in [-0.15, -0.1) is 5.06 Å². The van der Waals surface area contributed by atoms with Gasteiger partial charge in [-0.3, -0.25) is 19.8 Å². The molecule has 1 aromatic rings. The number of imide groups is 1. The Hall–Kier alpha value is -2.01. The van der Waals surface area contributed by atoms with Crippen molar-refractivity contribution < 1.29 is 19.8 Å². The van der Waals surface area contributed by atoms with Gasteiger partial charge in [0.05, 0.1) is 11.1 Å². The van der Waals surface area contributed by atoms with Gasteiger partial charge in [0.2, 0.25) is 0 Å². The van der Waals surface area contributed by atoms with E-state index >= 15 is 0 Å². The standard InChI is InChI=1S/C10H8N2O3/c11-5-6-15-12-9(13)7-3-1-2-4-8(7)10(12)14/h1-5,11H,6H2/p+1. The van der Waals surface area contributed by atoms with Crippen molar-refractivity contribution in [2.75, 3.05) is 6.61 Å². The fourth-order valence-electron chi connectivity index (χ4n) is 1.40. The molecule has 0 bridgehead atoms. The molecule has 1 aliphatic heterocycles. The number of fused-ring (bicyclic) bond motifs is 1. The molecule has 2 rings (SSSR count). The lowest BCUT2D eigenvalue weighted by atomic mass is 10.1. The summed E-state index contributed by atoms with van der Waals surface area (Å²) < 4.78 is 0. The van der Waals surface area contributed by atoms with E-state index in [-0.39, 0.29) is 6.61 Å². The van der Waals surface area contributed by atoms with Gasteiger partial charge in [0.25, 0.3) is 11.8 Å². The molecule has 1 heterocycles. The molecule has 76 valence electrons. The summed E-state index contributed by atoms with van der Waals surface area (Å²) in [6, 6.07) is 6.57. The maximum atomic E-state index is 11.6. The minimum absolute atomic E-state index is 0.0193. The van der Waals surface area contributed by atoms with Crippen LogP contribution in [0.3, 0.4) is 0 Å². The van der Waals surface area contributed by atoms with Gasteiger partial charge in [-0.1, -0.05) is 12.1 Å². The number of carbonyl (C=O) groups is 2. The molecule has 0 saturated heterocycles. The van der Waals surface area contributed by atoms with Crippen LogP contribution in [-0.4, -0.2) is 29.7 Å². The molecule has 0 unspecified atom stereocenters. The lowest BCUT2D eigenvalue weighted by Gasteiger charge is -2.09. The highest BCUT2D eigenvalue weighted by atomic mass is 16.7. The van der Waals surface area contributed by atoms with Gasteiger partial charge >= 0.3 is 0 Å². The highest BCUT2D eigenvalue weighted by molar-refractivity contribution is 6.20. The summed E-state index contributed by atoms with van der Waals surface area (Å²) in [7, 11) is 0. The average molecular weight is 205 g/mol. The SMILES string of the molecule is [NH2+]=CCON1C(=O)c2ccccc2C1=O. The van der Waals surface area contributed by atoms with Crippen LogP contribution in [0.1, 0.15) is 20.7 Å². The molecule has 0 radical (unpaired) electrons. The number of amides is 2. The van der Waals surface area contributed by atoms with Gasteiger partial charge in [-0.2, -0.15) is 0 Å². The van der Waals surface area contributed by atoms with Crippen LogP contribution < -0.4 is 5.41 Å². The maximum absolute atomic E-state index is 11.6. The number of hydrogen-bond acceptors (Lipinski definition) is 3. The molecule has 0 aromatic heterocycles. The van der Waals surface area contributed by atoms with Crippen LogP contribution in [-0.2, 0) is 4.84 Å². The Labute approximate surface area is 85.7 Å². The molecule has 0 saturated carbocycles. The minimum atomic E-state index is -0.447. The van der Waals surface area contributed by atoms with Crippen molar-refractivity contribution >= 4 is 18.0 Å². The number of rotatable bonds is 3. The number of nitrogens with zero attached hydrogens (tertiary/aromatic N) is 1. The van der Waals surface area contributed by atoms with Gasteiger partial charge < -0.3 is 0 Å². The Bertz CT molecular complexity index is 407. The first-order valence-corrected chi connectivity index (χ1v) is 4.40. The summed E-state index contributed by atoms with van der Waals surface area (Å²) in [4.78, 5) is 28.2. The Kier molecular flexibility index (Phi) is 2.31. The summed E-state index contributed by atoms with van der Waals surface area (Å²) in [5, 5.41) is 5.83. The number of benzene rings is 1. The predicted molar refractivity (Wildman–Crippen MR) is 50.9 cm³/mol. The fraction of sp³-hybridized carbons (Fsp3) is 0.100. The summed E-state index contributed by atoms with van der Waals surface area (Å²) in [5.74, 6) is -0.894. The quantitative estimate of drug-likeness (QED) is 0.510. The normalized spacial score (nSPS) is 14.3. The highest BCUT2D eigenvalue weighted by Crippen LogP contribution is 2.22. The molecule has 0 fully saturated rings. The smallest absolute Gasteiger partial charge is 0.266 e. The first kappa shape index (κ1) is 9.54.